The molecule has 0 saturated carbocycles. The molecule has 0 radical (unpaired) electrons. The van der Waals surface area contributed by atoms with Crippen molar-refractivity contribution < 1.29 is 4.84 Å². The summed E-state index contributed by atoms with van der Waals surface area (Å²) >= 11 is 0. The van der Waals surface area contributed by atoms with Crippen LogP contribution in [-0.2, 0) is 4.84 Å². The zero-order valence-electron chi connectivity index (χ0n) is 6.00. The highest BCUT2D eigenvalue weighted by atomic mass is 16.6. The van der Waals surface area contributed by atoms with Crippen LogP contribution in [0.25, 0.3) is 0 Å². The third-order valence-corrected chi connectivity index (χ3v) is 1.54. The van der Waals surface area contributed by atoms with Gasteiger partial charge in [0.25, 0.3) is 0 Å². The quantitative estimate of drug-likeness (QED) is 0.615. The highest BCUT2D eigenvalue weighted by Crippen LogP contribution is 2.12. The lowest BCUT2D eigenvalue weighted by Gasteiger charge is -2.05. The Hall–Kier alpha value is -0.800. The first kappa shape index (κ1) is 7.31. The van der Waals surface area contributed by atoms with Gasteiger partial charge in [0.05, 0.1) is 6.61 Å². The van der Waals surface area contributed by atoms with Crippen molar-refractivity contribution in [3.63, 3.8) is 0 Å². The third-order valence-electron chi connectivity index (χ3n) is 1.54. The van der Waals surface area contributed by atoms with Gasteiger partial charge in [-0.05, 0) is 11.6 Å². The van der Waals surface area contributed by atoms with Gasteiger partial charge in [0.2, 0.25) is 0 Å². The second kappa shape index (κ2) is 3.39. The average Bonchev–Trinajstić information content (AvgIpc) is 2.38. The van der Waals surface area contributed by atoms with Crippen molar-refractivity contribution in [3.05, 3.63) is 24.0 Å². The predicted molar refractivity (Wildman–Crippen MR) is 39.3 cm³/mol. The van der Waals surface area contributed by atoms with E-state index in [1.54, 1.807) is 0 Å². The number of hydrogen-bond acceptors (Lipinski definition) is 2. The van der Waals surface area contributed by atoms with E-state index in [1.165, 1.54) is 5.56 Å². The largest absolute Gasteiger partial charge is 0.367 e. The van der Waals surface area contributed by atoms with Crippen LogP contribution in [0.1, 0.15) is 18.4 Å². The lowest BCUT2D eigenvalue weighted by molar-refractivity contribution is 0.126. The molecule has 10 heavy (non-hydrogen) atoms. The molecule has 1 aromatic rings. The molecule has 1 heterocycles. The topological polar surface area (TPSA) is 51.0 Å². The molecule has 0 fully saturated rings. The zero-order valence-corrected chi connectivity index (χ0v) is 6.00. The monoisotopic (exact) mass is 140 g/mol. The Bertz CT molecular complexity index is 172. The molecule has 0 aromatic carbocycles. The second-order valence-corrected chi connectivity index (χ2v) is 2.38. The van der Waals surface area contributed by atoms with E-state index >= 15 is 0 Å². The van der Waals surface area contributed by atoms with Gasteiger partial charge in [-0.1, -0.05) is 6.92 Å². The molecule has 0 aliphatic heterocycles. The Morgan fingerprint density at radius 2 is 2.60 bits per heavy atom. The van der Waals surface area contributed by atoms with Gasteiger partial charge < -0.3 is 9.82 Å². The molecule has 56 valence electrons. The Kier molecular flexibility index (Phi) is 2.48. The molecule has 0 aliphatic carbocycles. The van der Waals surface area contributed by atoms with Gasteiger partial charge in [-0.25, -0.2) is 5.90 Å². The highest BCUT2D eigenvalue weighted by Gasteiger charge is 2.03. The van der Waals surface area contributed by atoms with Crippen molar-refractivity contribution in [1.29, 1.82) is 0 Å². The van der Waals surface area contributed by atoms with Crippen LogP contribution in [0.5, 0.6) is 0 Å². The van der Waals surface area contributed by atoms with Gasteiger partial charge in [0.1, 0.15) is 0 Å². The van der Waals surface area contributed by atoms with Gasteiger partial charge in [0.15, 0.2) is 0 Å². The average molecular weight is 140 g/mol. The number of hydrogen-bond donors (Lipinski definition) is 2. The second-order valence-electron chi connectivity index (χ2n) is 2.38. The number of H-pyrrole nitrogens is 1. The van der Waals surface area contributed by atoms with Gasteiger partial charge in [-0.2, -0.15) is 0 Å². The van der Waals surface area contributed by atoms with Crippen LogP contribution in [0.2, 0.25) is 0 Å². The lowest BCUT2D eigenvalue weighted by Crippen LogP contribution is -2.07. The van der Waals surface area contributed by atoms with Crippen molar-refractivity contribution in [2.45, 2.75) is 12.8 Å². The SMILES string of the molecule is CC(CON)c1cc[nH]c1. The van der Waals surface area contributed by atoms with Crippen LogP contribution in [0.4, 0.5) is 0 Å². The molecule has 1 rings (SSSR count). The van der Waals surface area contributed by atoms with Gasteiger partial charge in [-0.15, -0.1) is 0 Å². The number of nitrogens with one attached hydrogen (secondary N) is 1. The maximum atomic E-state index is 4.93. The van der Waals surface area contributed by atoms with Crippen LogP contribution in [0.15, 0.2) is 18.5 Å². The summed E-state index contributed by atoms with van der Waals surface area (Å²) < 4.78 is 0. The van der Waals surface area contributed by atoms with Crippen molar-refractivity contribution in [2.75, 3.05) is 6.61 Å². The predicted octanol–water partition coefficient (Wildman–Crippen LogP) is 1.01. The fourth-order valence-electron chi connectivity index (χ4n) is 0.884. The summed E-state index contributed by atoms with van der Waals surface area (Å²) in [5, 5.41) is 0. The smallest absolute Gasteiger partial charge is 0.0745 e. The maximum absolute atomic E-state index is 4.93. The number of rotatable bonds is 3. The van der Waals surface area contributed by atoms with Gasteiger partial charge in [0, 0.05) is 18.3 Å². The molecule has 1 atom stereocenters. The molecule has 1 aromatic heterocycles. The fraction of sp³-hybridized carbons (Fsp3) is 0.429. The normalized spacial score (nSPS) is 13.4. The van der Waals surface area contributed by atoms with Crippen molar-refractivity contribution in [1.82, 2.24) is 4.98 Å². The first-order valence-corrected chi connectivity index (χ1v) is 3.29. The molecular formula is C7H12N2O. The molecule has 0 bridgehead atoms. The fourth-order valence-corrected chi connectivity index (χ4v) is 0.884. The Labute approximate surface area is 60.1 Å². The van der Waals surface area contributed by atoms with Gasteiger partial charge in [-0.3, -0.25) is 0 Å². The van der Waals surface area contributed by atoms with Crippen molar-refractivity contribution in [2.24, 2.45) is 5.90 Å². The van der Waals surface area contributed by atoms with E-state index < -0.39 is 0 Å². The first-order chi connectivity index (χ1) is 4.84. The molecule has 0 spiro atoms. The van der Waals surface area contributed by atoms with Crippen LogP contribution in [-0.4, -0.2) is 11.6 Å². The minimum Gasteiger partial charge on any atom is -0.367 e. The van der Waals surface area contributed by atoms with E-state index in [0.717, 1.165) is 0 Å². The summed E-state index contributed by atoms with van der Waals surface area (Å²) in [5.74, 6) is 5.30. The molecule has 0 saturated heterocycles. The van der Waals surface area contributed by atoms with E-state index in [2.05, 4.69) is 16.7 Å². The third kappa shape index (κ3) is 1.59. The first-order valence-electron chi connectivity index (χ1n) is 3.29. The number of nitrogens with two attached hydrogens (primary N) is 1. The molecular weight excluding hydrogens is 128 g/mol. The Morgan fingerprint density at radius 1 is 1.80 bits per heavy atom. The minimum atomic E-state index is 0.372. The summed E-state index contributed by atoms with van der Waals surface area (Å²) in [6.45, 7) is 2.63. The summed E-state index contributed by atoms with van der Waals surface area (Å²) in [6.07, 6.45) is 3.84. The van der Waals surface area contributed by atoms with E-state index in [1.807, 2.05) is 18.5 Å². The molecule has 3 N–H and O–H groups in total. The van der Waals surface area contributed by atoms with Crippen molar-refractivity contribution >= 4 is 0 Å². The van der Waals surface area contributed by atoms with E-state index in [-0.39, 0.29) is 0 Å². The highest BCUT2D eigenvalue weighted by molar-refractivity contribution is 5.13. The summed E-state index contributed by atoms with van der Waals surface area (Å²) in [7, 11) is 0. The van der Waals surface area contributed by atoms with Gasteiger partial charge >= 0.3 is 0 Å². The van der Waals surface area contributed by atoms with E-state index in [9.17, 15) is 0 Å². The molecule has 3 nitrogen and oxygen atoms in total. The molecule has 0 aliphatic rings. The minimum absolute atomic E-state index is 0.372. The van der Waals surface area contributed by atoms with E-state index in [4.69, 9.17) is 5.90 Å². The zero-order chi connectivity index (χ0) is 7.40. The van der Waals surface area contributed by atoms with E-state index in [0.29, 0.717) is 12.5 Å². The lowest BCUT2D eigenvalue weighted by atomic mass is 10.1. The van der Waals surface area contributed by atoms with Crippen LogP contribution in [0, 0.1) is 0 Å². The Balaban J connectivity index is 2.50. The van der Waals surface area contributed by atoms with Crippen LogP contribution in [0.3, 0.4) is 0 Å². The number of aromatic amines is 1. The molecule has 0 amide bonds. The Morgan fingerprint density at radius 3 is 3.10 bits per heavy atom. The molecule has 3 heteroatoms. The van der Waals surface area contributed by atoms with Crippen molar-refractivity contribution in [3.8, 4) is 0 Å². The number of aromatic nitrogens is 1. The summed E-state index contributed by atoms with van der Waals surface area (Å²) in [4.78, 5) is 7.49. The van der Waals surface area contributed by atoms with Crippen LogP contribution >= 0.6 is 0 Å². The molecule has 1 unspecified atom stereocenters. The summed E-state index contributed by atoms with van der Waals surface area (Å²) in [6, 6.07) is 2.02. The van der Waals surface area contributed by atoms with Crippen LogP contribution < -0.4 is 5.90 Å². The summed E-state index contributed by atoms with van der Waals surface area (Å²) in [5.41, 5.74) is 1.23. The maximum Gasteiger partial charge on any atom is 0.0745 e. The standard InChI is InChI=1S/C7H12N2O/c1-6(5-10-8)7-2-3-9-4-7/h2-4,6,9H,5,8H2,1H3.